The number of carbonyl (C=O) groups excluding carboxylic acids is 3. The molecular weight excluding hydrogens is 685 g/mol. The Balaban J connectivity index is 1.02. The van der Waals surface area contributed by atoms with Crippen LogP contribution in [0, 0.1) is 0 Å². The fraction of sp³-hybridized carbons (Fsp3) is 0.606. The Kier molecular flexibility index (Phi) is 9.39. The van der Waals surface area contributed by atoms with E-state index in [0.29, 0.717) is 50.6 Å². The van der Waals surface area contributed by atoms with E-state index >= 15 is 0 Å². The van der Waals surface area contributed by atoms with E-state index in [1.54, 1.807) is 9.80 Å². The summed E-state index contributed by atoms with van der Waals surface area (Å²) in [5.74, 6) is -1.57. The van der Waals surface area contributed by atoms with Crippen molar-refractivity contribution in [3.05, 3.63) is 45.3 Å². The third-order valence-electron chi connectivity index (χ3n) is 10.9. The van der Waals surface area contributed by atoms with Crippen LogP contribution in [0.1, 0.15) is 48.8 Å². The van der Waals surface area contributed by atoms with E-state index in [4.69, 9.17) is 16.3 Å². The number of phenols is 1. The fourth-order valence-electron chi connectivity index (χ4n) is 8.19. The van der Waals surface area contributed by atoms with Crippen LogP contribution in [0.2, 0.25) is 5.02 Å². The van der Waals surface area contributed by atoms with Gasteiger partial charge in [0.2, 0.25) is 0 Å². The minimum absolute atomic E-state index is 0.0102. The first-order chi connectivity index (χ1) is 23.4. The average Bonchev–Trinajstić information content (AvgIpc) is 3.80. The summed E-state index contributed by atoms with van der Waals surface area (Å²) < 4.78 is 47.0. The number of anilines is 1. The first kappa shape index (κ1) is 34.2. The van der Waals surface area contributed by atoms with Crippen LogP contribution in [-0.2, 0) is 28.7 Å². The van der Waals surface area contributed by atoms with Crippen molar-refractivity contribution in [2.75, 3.05) is 51.6 Å². The van der Waals surface area contributed by atoms with Gasteiger partial charge in [-0.15, -0.1) is 11.3 Å². The number of likely N-dealkylation sites (tertiary alicyclic amines) is 4. The molecule has 4 amide bonds. The van der Waals surface area contributed by atoms with Gasteiger partial charge in [0.15, 0.2) is 6.10 Å². The first-order valence-corrected chi connectivity index (χ1v) is 18.0. The number of alkyl halides is 3. The van der Waals surface area contributed by atoms with E-state index in [1.807, 2.05) is 11.4 Å². The molecule has 16 heteroatoms. The zero-order valence-corrected chi connectivity index (χ0v) is 28.7. The molecule has 266 valence electrons. The highest BCUT2D eigenvalue weighted by atomic mass is 35.5. The fourth-order valence-corrected chi connectivity index (χ4v) is 9.23. The third-order valence-corrected chi connectivity index (χ3v) is 12.1. The predicted octanol–water partition coefficient (Wildman–Crippen LogP) is 5.07. The number of fused-ring (bicyclic) bond motifs is 3. The van der Waals surface area contributed by atoms with E-state index in [1.165, 1.54) is 22.3 Å². The van der Waals surface area contributed by atoms with Gasteiger partial charge in [0.25, 0.3) is 5.91 Å². The van der Waals surface area contributed by atoms with Gasteiger partial charge in [-0.05, 0) is 68.3 Å². The number of ether oxygens (including phenoxy) is 1. The maximum Gasteiger partial charge on any atom is 0.420 e. The van der Waals surface area contributed by atoms with Crippen molar-refractivity contribution in [2.45, 2.75) is 81.5 Å². The van der Waals surface area contributed by atoms with Crippen LogP contribution < -0.4 is 5.32 Å². The second kappa shape index (κ2) is 13.5. The molecule has 4 saturated heterocycles. The van der Waals surface area contributed by atoms with Crippen LogP contribution in [0.3, 0.4) is 0 Å². The largest absolute Gasteiger partial charge is 0.506 e. The number of rotatable bonds is 6. The molecular formula is C33H40ClF3N6O5S. The number of amides is 4. The summed E-state index contributed by atoms with van der Waals surface area (Å²) in [5, 5.41) is 15.2. The number of hydrogen-bond acceptors (Lipinski definition) is 8. The van der Waals surface area contributed by atoms with Crippen molar-refractivity contribution >= 4 is 46.0 Å². The van der Waals surface area contributed by atoms with E-state index in [9.17, 15) is 32.7 Å². The number of halogens is 4. The van der Waals surface area contributed by atoms with Crippen molar-refractivity contribution in [3.63, 3.8) is 0 Å². The molecule has 5 aliphatic rings. The highest BCUT2D eigenvalue weighted by Crippen LogP contribution is 2.41. The van der Waals surface area contributed by atoms with E-state index in [-0.39, 0.29) is 37.1 Å². The van der Waals surface area contributed by atoms with Crippen molar-refractivity contribution in [3.8, 4) is 5.75 Å². The Morgan fingerprint density at radius 1 is 1.04 bits per heavy atom. The third kappa shape index (κ3) is 6.91. The normalized spacial score (nSPS) is 24.7. The number of urea groups is 1. The van der Waals surface area contributed by atoms with E-state index < -0.39 is 40.6 Å². The lowest BCUT2D eigenvalue weighted by Crippen LogP contribution is -2.55. The van der Waals surface area contributed by atoms with Crippen molar-refractivity contribution < 1.29 is 37.4 Å². The molecule has 3 atom stereocenters. The van der Waals surface area contributed by atoms with E-state index in [0.717, 1.165) is 49.0 Å². The summed E-state index contributed by atoms with van der Waals surface area (Å²) in [6.07, 6.45) is -3.69. The summed E-state index contributed by atoms with van der Waals surface area (Å²) in [6.45, 7) is 3.99. The Hall–Kier alpha value is -3.27. The summed E-state index contributed by atoms with van der Waals surface area (Å²) in [6, 6.07) is 5.03. The maximum atomic E-state index is 14.0. The zero-order chi connectivity index (χ0) is 34.6. The van der Waals surface area contributed by atoms with Gasteiger partial charge in [-0.25, -0.2) is 9.59 Å². The molecule has 2 N–H and O–H groups in total. The Bertz CT molecular complexity index is 1590. The Morgan fingerprint density at radius 3 is 2.39 bits per heavy atom. The molecule has 0 saturated carbocycles. The lowest BCUT2D eigenvalue weighted by Gasteiger charge is -2.42. The number of aromatic hydroxyl groups is 1. The first-order valence-electron chi connectivity index (χ1n) is 16.8. The molecule has 49 heavy (non-hydrogen) atoms. The lowest BCUT2D eigenvalue weighted by molar-refractivity contribution is -0.142. The molecule has 1 aromatic heterocycles. The molecule has 0 spiro atoms. The van der Waals surface area contributed by atoms with Gasteiger partial charge >= 0.3 is 18.3 Å². The van der Waals surface area contributed by atoms with E-state index in [2.05, 4.69) is 22.2 Å². The molecule has 2 bridgehead atoms. The molecule has 1 aromatic carbocycles. The maximum absolute atomic E-state index is 14.0. The van der Waals surface area contributed by atoms with Crippen molar-refractivity contribution in [1.82, 2.24) is 24.5 Å². The van der Waals surface area contributed by atoms with Crippen LogP contribution in [0.4, 0.5) is 27.8 Å². The molecule has 2 unspecified atom stereocenters. The molecule has 6 heterocycles. The van der Waals surface area contributed by atoms with Gasteiger partial charge in [0.1, 0.15) is 10.8 Å². The number of carbonyl (C=O) groups is 3. The van der Waals surface area contributed by atoms with Crippen LogP contribution >= 0.6 is 22.9 Å². The second-order valence-corrected chi connectivity index (χ2v) is 15.2. The molecule has 4 fully saturated rings. The number of nitrogens with zero attached hydrogens (tertiary/aromatic N) is 5. The topological polar surface area (TPSA) is 109 Å². The predicted molar refractivity (Wildman–Crippen MR) is 177 cm³/mol. The van der Waals surface area contributed by atoms with Crippen LogP contribution in [0.15, 0.2) is 23.6 Å². The number of hydrogen-bond donors (Lipinski definition) is 2. The van der Waals surface area contributed by atoms with Gasteiger partial charge in [-0.3, -0.25) is 15.0 Å². The molecule has 0 aliphatic carbocycles. The molecule has 7 rings (SSSR count). The van der Waals surface area contributed by atoms with Crippen LogP contribution in [0.25, 0.3) is 0 Å². The van der Waals surface area contributed by atoms with Gasteiger partial charge in [0, 0.05) is 75.4 Å². The Morgan fingerprint density at radius 2 is 1.73 bits per heavy atom. The SMILES string of the molecule is CN1CC2CC1CN2C1CCN(C(=O)[C@@H](Cc2cc(Cl)c(O)c(C(F)(F)F)c2)OC(=O)N2CCC(N3Cc4ccsc4NC3=O)CC2)CC1. The quantitative estimate of drug-likeness (QED) is 0.429. The second-order valence-electron chi connectivity index (χ2n) is 13.8. The number of benzene rings is 1. The zero-order valence-electron chi connectivity index (χ0n) is 27.1. The number of thiophene rings is 1. The summed E-state index contributed by atoms with van der Waals surface area (Å²) >= 11 is 7.46. The number of piperidine rings is 2. The summed E-state index contributed by atoms with van der Waals surface area (Å²) in [7, 11) is 2.15. The van der Waals surface area contributed by atoms with Gasteiger partial charge in [-0.2, -0.15) is 13.2 Å². The van der Waals surface area contributed by atoms with Crippen molar-refractivity contribution in [1.29, 1.82) is 0 Å². The number of phenolic OH excluding ortho intramolecular Hbond substituents is 1. The number of piperazine rings is 1. The van der Waals surface area contributed by atoms with Crippen LogP contribution in [0.5, 0.6) is 5.75 Å². The summed E-state index contributed by atoms with van der Waals surface area (Å²) in [4.78, 5) is 50.1. The Labute approximate surface area is 291 Å². The molecule has 2 aromatic rings. The van der Waals surface area contributed by atoms with Gasteiger partial charge < -0.3 is 29.4 Å². The number of nitrogens with one attached hydrogen (secondary N) is 1. The van der Waals surface area contributed by atoms with Gasteiger partial charge in [0.05, 0.1) is 17.1 Å². The molecule has 0 radical (unpaired) electrons. The minimum atomic E-state index is -4.88. The highest BCUT2D eigenvalue weighted by molar-refractivity contribution is 7.14. The summed E-state index contributed by atoms with van der Waals surface area (Å²) in [5.41, 5.74) is -0.270. The number of likely N-dealkylation sites (N-methyl/N-ethyl adjacent to an activating group) is 1. The average molecular weight is 725 g/mol. The van der Waals surface area contributed by atoms with Crippen LogP contribution in [-0.4, -0.2) is 124 Å². The molecule has 11 nitrogen and oxygen atoms in total. The minimum Gasteiger partial charge on any atom is -0.506 e. The molecule has 5 aliphatic heterocycles. The van der Waals surface area contributed by atoms with Crippen molar-refractivity contribution in [2.24, 2.45) is 0 Å². The monoisotopic (exact) mass is 724 g/mol. The highest BCUT2D eigenvalue weighted by Gasteiger charge is 2.45. The smallest absolute Gasteiger partial charge is 0.420 e. The van der Waals surface area contributed by atoms with Gasteiger partial charge in [-0.1, -0.05) is 11.6 Å². The lowest BCUT2D eigenvalue weighted by atomic mass is 9.99. The standard InChI is InChI=1S/C33H40ClF3N6O5S/c1-39-17-24-15-23(39)18-42(24)21-2-7-40(8-3-21)30(45)27(14-19-12-25(33(35,36)37)28(44)26(34)13-19)48-32(47)41-9-4-22(5-10-41)43-16-20-6-11-49-29(20)38-31(43)46/h6,11-13,21-24,27,44H,2-5,7-10,14-18H2,1H3,(H,38,46)/t23?,24?,27-/m1/s1.